The van der Waals surface area contributed by atoms with Crippen LogP contribution in [0.25, 0.3) is 0 Å². The third-order valence-electron chi connectivity index (χ3n) is 11.0. The average Bonchev–Trinajstić information content (AvgIpc) is 2.97. The number of carbonyl (C=O) groups excluding carboxylic acids is 4. The molecule has 1 heterocycles. The van der Waals surface area contributed by atoms with E-state index in [-0.39, 0.29) is 37.2 Å². The highest BCUT2D eigenvalue weighted by Crippen LogP contribution is 2.63. The topological polar surface area (TPSA) is 218 Å². The summed E-state index contributed by atoms with van der Waals surface area (Å²) in [4.78, 5) is 52.7. The van der Waals surface area contributed by atoms with E-state index in [1.165, 1.54) is 27.7 Å². The van der Waals surface area contributed by atoms with E-state index < -0.39 is 107 Å². The molecule has 0 radical (unpaired) electrons. The quantitative estimate of drug-likeness (QED) is 0.0657. The van der Waals surface area contributed by atoms with Crippen molar-refractivity contribution in [3.63, 3.8) is 0 Å². The van der Waals surface area contributed by atoms with Crippen LogP contribution in [-0.2, 0) is 33.3 Å². The molecule has 0 aromatic heterocycles. The number of alkyl carbamates (subject to hydrolysis) is 1. The lowest BCUT2D eigenvalue weighted by molar-refractivity contribution is -0.345. The van der Waals surface area contributed by atoms with E-state index in [9.17, 15) is 44.7 Å². The Kier molecular flexibility index (Phi) is 9.98. The number of ether oxygens (including phenoxy) is 4. The smallest absolute Gasteiger partial charge is 0.407 e. The van der Waals surface area contributed by atoms with E-state index in [1.54, 1.807) is 13.8 Å². The Bertz CT molecular complexity index is 1370. The van der Waals surface area contributed by atoms with Gasteiger partial charge in [0.15, 0.2) is 11.9 Å². The van der Waals surface area contributed by atoms with E-state index in [1.807, 2.05) is 0 Å². The molecule has 0 spiro atoms. The van der Waals surface area contributed by atoms with Gasteiger partial charge in [0.05, 0.1) is 30.3 Å². The van der Waals surface area contributed by atoms with E-state index in [4.69, 9.17) is 25.4 Å². The van der Waals surface area contributed by atoms with Crippen molar-refractivity contribution in [3.05, 3.63) is 11.1 Å². The number of Topliss-reactive ketones (excluding diaryl/α,β-unsaturated/α-hetero) is 1. The third kappa shape index (κ3) is 5.74. The van der Waals surface area contributed by atoms with Crippen LogP contribution in [0, 0.1) is 35.0 Å². The number of hydrogen-bond donors (Lipinski definition) is 6. The number of carbonyl (C=O) groups is 4. The van der Waals surface area contributed by atoms with Crippen LogP contribution in [0.1, 0.15) is 67.7 Å². The summed E-state index contributed by atoms with van der Waals surface area (Å²) in [5.41, 5.74) is -7.33. The molecule has 14 nitrogen and oxygen atoms in total. The number of rotatable bonds is 8. The number of terminal acetylenes is 1. The highest BCUT2D eigenvalue weighted by Gasteiger charge is 2.76. The number of aliphatic hydroxyl groups excluding tert-OH is 3. The van der Waals surface area contributed by atoms with Gasteiger partial charge in [-0.1, -0.05) is 27.7 Å². The third-order valence-corrected chi connectivity index (χ3v) is 11.0. The zero-order valence-electron chi connectivity index (χ0n) is 27.8. The van der Waals surface area contributed by atoms with E-state index in [2.05, 4.69) is 11.2 Å². The van der Waals surface area contributed by atoms with Crippen molar-refractivity contribution in [1.29, 1.82) is 0 Å². The Morgan fingerprint density at radius 1 is 1.15 bits per heavy atom. The first-order valence-electron chi connectivity index (χ1n) is 15.8. The molecule has 1 amide bonds. The first-order chi connectivity index (χ1) is 21.7. The molecule has 262 valence electrons. The highest BCUT2D eigenvalue weighted by atomic mass is 16.6. The SMILES string of the molecule is C#CCCOC(=O)N[C@@H](C(C)C)[C@@H](O)C(=O)OC1C[C@@]2(O)[C@@H](OC(C)=O)[C@@H]3[C@]4(O)CO[C@@H]4C[C@H](O)[C@@]3(C)C(=O)[C@H](O)C(=C1C)C2(C)C. The number of aliphatic hydroxyl groups is 5. The number of esters is 2. The maximum atomic E-state index is 14.3. The molecule has 14 heteroatoms. The molecule has 4 rings (SSSR count). The summed E-state index contributed by atoms with van der Waals surface area (Å²) in [5.74, 6) is -2.55. The fourth-order valence-electron chi connectivity index (χ4n) is 8.14. The van der Waals surface area contributed by atoms with E-state index in [0.717, 1.165) is 6.92 Å². The Hall–Kier alpha value is -3.06. The van der Waals surface area contributed by atoms with Gasteiger partial charge in [0.25, 0.3) is 0 Å². The van der Waals surface area contributed by atoms with Crippen LogP contribution < -0.4 is 5.32 Å². The maximum Gasteiger partial charge on any atom is 0.407 e. The molecular weight excluding hydrogens is 618 g/mol. The van der Waals surface area contributed by atoms with Crippen molar-refractivity contribution < 1.29 is 63.7 Å². The fraction of sp³-hybridized carbons (Fsp3) is 0.758. The number of nitrogens with one attached hydrogen (secondary N) is 1. The van der Waals surface area contributed by atoms with Crippen LogP contribution in [0.2, 0.25) is 0 Å². The largest absolute Gasteiger partial charge is 0.459 e. The predicted octanol–water partition coefficient (Wildman–Crippen LogP) is -0.0970. The summed E-state index contributed by atoms with van der Waals surface area (Å²) < 4.78 is 22.1. The van der Waals surface area contributed by atoms with Crippen LogP contribution >= 0.6 is 0 Å². The Balaban J connectivity index is 1.79. The lowest BCUT2D eigenvalue weighted by atomic mass is 9.45. The summed E-state index contributed by atoms with van der Waals surface area (Å²) in [6, 6.07) is -1.17. The second-order valence-electron chi connectivity index (χ2n) is 14.3. The average molecular weight is 666 g/mol. The monoisotopic (exact) mass is 665 g/mol. The molecule has 47 heavy (non-hydrogen) atoms. The van der Waals surface area contributed by atoms with Gasteiger partial charge in [-0.25, -0.2) is 9.59 Å². The molecule has 2 bridgehead atoms. The fourth-order valence-corrected chi connectivity index (χ4v) is 8.14. The first-order valence-corrected chi connectivity index (χ1v) is 15.8. The van der Waals surface area contributed by atoms with Gasteiger partial charge in [-0.05, 0) is 30.9 Å². The van der Waals surface area contributed by atoms with Crippen molar-refractivity contribution >= 4 is 23.8 Å². The predicted molar refractivity (Wildman–Crippen MR) is 162 cm³/mol. The molecule has 1 aliphatic heterocycles. The van der Waals surface area contributed by atoms with Gasteiger partial charge in [0.1, 0.15) is 36.1 Å². The molecule has 1 unspecified atom stereocenters. The van der Waals surface area contributed by atoms with Crippen LogP contribution in [-0.4, -0.2) is 116 Å². The Morgan fingerprint density at radius 2 is 1.79 bits per heavy atom. The minimum atomic E-state index is -2.22. The van der Waals surface area contributed by atoms with Gasteiger partial charge >= 0.3 is 18.0 Å². The number of fused-ring (bicyclic) bond motifs is 5. The Morgan fingerprint density at radius 3 is 2.32 bits per heavy atom. The summed E-state index contributed by atoms with van der Waals surface area (Å²) in [6.07, 6.45) is -5.48. The molecule has 3 fully saturated rings. The summed E-state index contributed by atoms with van der Waals surface area (Å²) in [7, 11) is 0. The Labute approximate surface area is 273 Å². The van der Waals surface area contributed by atoms with Gasteiger partial charge < -0.3 is 49.8 Å². The van der Waals surface area contributed by atoms with Gasteiger partial charge in [0.2, 0.25) is 0 Å². The molecule has 6 N–H and O–H groups in total. The van der Waals surface area contributed by atoms with Crippen LogP contribution in [0.4, 0.5) is 4.79 Å². The molecular formula is C33H47NO13. The van der Waals surface area contributed by atoms with Gasteiger partial charge in [-0.15, -0.1) is 12.3 Å². The van der Waals surface area contributed by atoms with Crippen LogP contribution in [0.15, 0.2) is 11.1 Å². The van der Waals surface area contributed by atoms with E-state index >= 15 is 0 Å². The first kappa shape index (κ1) is 36.8. The normalized spacial score (nSPS) is 38.7. The zero-order valence-corrected chi connectivity index (χ0v) is 27.8. The standard InChI is InChI=1S/C33H47NO13/c1-9-10-11-44-29(41)34-22(15(2)3)24(38)28(40)47-18-13-33(43)27(46-17(5)35)25-31(8,19(36)12-20-32(25,42)14-45-20)26(39)23(37)21(16(18)4)30(33,6)7/h1,15,18-20,22-25,27,36-38,42-43H,10-14H2,2-8H3,(H,34,41)/t18?,19-,20+,22-,23+,24+,25-,27-,31+,32-,33+/m0/s1. The lowest BCUT2D eigenvalue weighted by Gasteiger charge is -2.66. The molecule has 1 saturated heterocycles. The summed E-state index contributed by atoms with van der Waals surface area (Å²) in [6.45, 7) is 9.96. The molecule has 2 saturated carbocycles. The number of amides is 1. The molecule has 0 aromatic rings. The maximum absolute atomic E-state index is 14.3. The minimum Gasteiger partial charge on any atom is -0.459 e. The van der Waals surface area contributed by atoms with Crippen molar-refractivity contribution in [1.82, 2.24) is 5.32 Å². The molecule has 11 atom stereocenters. The molecule has 0 aromatic carbocycles. The number of hydrogen-bond acceptors (Lipinski definition) is 13. The lowest BCUT2D eigenvalue weighted by Crippen LogP contribution is -2.81. The molecule has 3 aliphatic carbocycles. The van der Waals surface area contributed by atoms with Crippen molar-refractivity contribution in [2.24, 2.45) is 22.7 Å². The number of ketones is 1. The summed E-state index contributed by atoms with van der Waals surface area (Å²) in [5, 5.41) is 61.3. The van der Waals surface area contributed by atoms with Gasteiger partial charge in [-0.3, -0.25) is 9.59 Å². The van der Waals surface area contributed by atoms with Gasteiger partial charge in [-0.2, -0.15) is 0 Å². The van der Waals surface area contributed by atoms with Crippen LogP contribution in [0.5, 0.6) is 0 Å². The zero-order chi connectivity index (χ0) is 35.4. The molecule has 4 aliphatic rings. The van der Waals surface area contributed by atoms with Crippen LogP contribution in [0.3, 0.4) is 0 Å². The minimum absolute atomic E-state index is 0.0258. The van der Waals surface area contributed by atoms with Gasteiger partial charge in [0, 0.05) is 37.5 Å². The van der Waals surface area contributed by atoms with Crippen molar-refractivity contribution in [2.45, 2.75) is 122 Å². The van der Waals surface area contributed by atoms with Crippen molar-refractivity contribution in [3.8, 4) is 12.3 Å². The van der Waals surface area contributed by atoms with E-state index in [0.29, 0.717) is 0 Å². The van der Waals surface area contributed by atoms with Crippen molar-refractivity contribution in [2.75, 3.05) is 13.2 Å². The second kappa shape index (κ2) is 12.8. The summed E-state index contributed by atoms with van der Waals surface area (Å²) >= 11 is 0. The second-order valence-corrected chi connectivity index (χ2v) is 14.3. The highest BCUT2D eigenvalue weighted by molar-refractivity contribution is 5.93.